The minimum absolute atomic E-state index is 0.119. The van der Waals surface area contributed by atoms with Crippen molar-refractivity contribution in [2.24, 2.45) is 0 Å². The second-order valence-electron chi connectivity index (χ2n) is 5.34. The van der Waals surface area contributed by atoms with Gasteiger partial charge in [0.25, 0.3) is 17.4 Å². The van der Waals surface area contributed by atoms with Gasteiger partial charge < -0.3 is 10.3 Å². The first-order valence-electron chi connectivity index (χ1n) is 7.62. The van der Waals surface area contributed by atoms with Crippen molar-refractivity contribution < 1.29 is 14.5 Å². The predicted molar refractivity (Wildman–Crippen MR) is 86.4 cm³/mol. The van der Waals surface area contributed by atoms with Crippen LogP contribution in [0.15, 0.2) is 24.4 Å². The van der Waals surface area contributed by atoms with Crippen molar-refractivity contribution in [1.29, 1.82) is 0 Å². The van der Waals surface area contributed by atoms with Crippen LogP contribution in [0.2, 0.25) is 0 Å². The molecule has 0 aliphatic rings. The first kappa shape index (κ1) is 16.7. The zero-order valence-corrected chi connectivity index (χ0v) is 12.9. The molecule has 0 aliphatic heterocycles. The summed E-state index contributed by atoms with van der Waals surface area (Å²) in [5, 5.41) is 13.8. The number of H-pyrrole nitrogens is 1. The molecule has 23 heavy (non-hydrogen) atoms. The fraction of sp³-hybridized carbons (Fsp3) is 0.375. The SMILES string of the molecule is CCCCCCNC(=O)C(=O)c1c[nH]c2ccc([N+](=O)[O-])cc12. The Morgan fingerprint density at radius 3 is 2.74 bits per heavy atom. The molecule has 0 unspecified atom stereocenters. The first-order chi connectivity index (χ1) is 11.0. The standard InChI is InChI=1S/C16H19N3O4/c1-2-3-4-5-8-17-16(21)15(20)13-10-18-14-7-6-11(19(22)23)9-12(13)14/h6-7,9-10,18H,2-5,8H2,1H3,(H,17,21). The number of fused-ring (bicyclic) bond motifs is 1. The summed E-state index contributed by atoms with van der Waals surface area (Å²) >= 11 is 0. The number of hydrogen-bond donors (Lipinski definition) is 2. The van der Waals surface area contributed by atoms with Crippen LogP contribution >= 0.6 is 0 Å². The van der Waals surface area contributed by atoms with Gasteiger partial charge in [0.2, 0.25) is 0 Å². The minimum atomic E-state index is -0.688. The number of benzene rings is 1. The second kappa shape index (κ2) is 7.53. The van der Waals surface area contributed by atoms with E-state index in [4.69, 9.17) is 0 Å². The average molecular weight is 317 g/mol. The zero-order valence-electron chi connectivity index (χ0n) is 12.9. The van der Waals surface area contributed by atoms with Gasteiger partial charge in [0.1, 0.15) is 0 Å². The molecule has 0 bridgehead atoms. The Bertz CT molecular complexity index is 736. The number of carbonyl (C=O) groups excluding carboxylic acids is 2. The molecule has 0 radical (unpaired) electrons. The average Bonchev–Trinajstić information content (AvgIpc) is 2.96. The number of nitrogens with one attached hydrogen (secondary N) is 2. The summed E-state index contributed by atoms with van der Waals surface area (Å²) in [6, 6.07) is 4.17. The highest BCUT2D eigenvalue weighted by Crippen LogP contribution is 2.24. The topological polar surface area (TPSA) is 105 Å². The molecule has 0 aliphatic carbocycles. The van der Waals surface area contributed by atoms with Gasteiger partial charge in [-0.05, 0) is 12.5 Å². The van der Waals surface area contributed by atoms with Crippen LogP contribution in [-0.4, -0.2) is 28.1 Å². The third-order valence-corrected chi connectivity index (χ3v) is 3.64. The van der Waals surface area contributed by atoms with Gasteiger partial charge in [-0.25, -0.2) is 0 Å². The van der Waals surface area contributed by atoms with Crippen molar-refractivity contribution in [2.45, 2.75) is 32.6 Å². The van der Waals surface area contributed by atoms with Gasteiger partial charge in [0.05, 0.1) is 10.5 Å². The summed E-state index contributed by atoms with van der Waals surface area (Å²) in [7, 11) is 0. The Balaban J connectivity index is 2.09. The predicted octanol–water partition coefficient (Wildman–Crippen LogP) is 2.96. The van der Waals surface area contributed by atoms with Gasteiger partial charge in [-0.1, -0.05) is 26.2 Å². The number of nitro groups is 1. The lowest BCUT2D eigenvalue weighted by atomic mass is 10.1. The van der Waals surface area contributed by atoms with E-state index in [9.17, 15) is 19.7 Å². The van der Waals surface area contributed by atoms with E-state index in [-0.39, 0.29) is 11.3 Å². The van der Waals surface area contributed by atoms with Gasteiger partial charge in [0.15, 0.2) is 0 Å². The number of nitrogens with zero attached hydrogens (tertiary/aromatic N) is 1. The van der Waals surface area contributed by atoms with Crippen LogP contribution in [0, 0.1) is 10.1 Å². The van der Waals surface area contributed by atoms with E-state index >= 15 is 0 Å². The molecule has 2 rings (SSSR count). The van der Waals surface area contributed by atoms with Crippen molar-refractivity contribution in [1.82, 2.24) is 10.3 Å². The number of amides is 1. The largest absolute Gasteiger partial charge is 0.360 e. The lowest BCUT2D eigenvalue weighted by Crippen LogP contribution is -2.31. The van der Waals surface area contributed by atoms with Crippen LogP contribution in [0.25, 0.3) is 10.9 Å². The first-order valence-corrected chi connectivity index (χ1v) is 7.62. The van der Waals surface area contributed by atoms with Gasteiger partial charge in [0, 0.05) is 35.8 Å². The number of ketones is 1. The number of unbranched alkanes of at least 4 members (excludes halogenated alkanes) is 3. The lowest BCUT2D eigenvalue weighted by Gasteiger charge is -2.03. The van der Waals surface area contributed by atoms with Crippen molar-refractivity contribution in [3.05, 3.63) is 40.1 Å². The smallest absolute Gasteiger partial charge is 0.292 e. The van der Waals surface area contributed by atoms with Crippen LogP contribution < -0.4 is 5.32 Å². The Morgan fingerprint density at radius 2 is 2.04 bits per heavy atom. The minimum Gasteiger partial charge on any atom is -0.360 e. The van der Waals surface area contributed by atoms with Crippen molar-refractivity contribution in [2.75, 3.05) is 6.54 Å². The van der Waals surface area contributed by atoms with Crippen molar-refractivity contribution in [3.8, 4) is 0 Å². The van der Waals surface area contributed by atoms with Crippen LogP contribution in [0.1, 0.15) is 43.0 Å². The quantitative estimate of drug-likeness (QED) is 0.257. The number of aromatic nitrogens is 1. The number of carbonyl (C=O) groups is 2. The maximum atomic E-state index is 12.2. The van der Waals surface area contributed by atoms with E-state index in [0.717, 1.165) is 25.7 Å². The summed E-state index contributed by atoms with van der Waals surface area (Å²) in [6.45, 7) is 2.55. The van der Waals surface area contributed by atoms with Crippen molar-refractivity contribution in [3.63, 3.8) is 0 Å². The molecule has 0 saturated heterocycles. The fourth-order valence-corrected chi connectivity index (χ4v) is 2.37. The number of rotatable bonds is 8. The maximum Gasteiger partial charge on any atom is 0.292 e. The summed E-state index contributed by atoms with van der Waals surface area (Å²) in [4.78, 5) is 37.3. The van der Waals surface area contributed by atoms with E-state index in [0.29, 0.717) is 17.4 Å². The summed E-state index contributed by atoms with van der Waals surface area (Å²) in [6.07, 6.45) is 5.43. The maximum absolute atomic E-state index is 12.2. The molecule has 7 nitrogen and oxygen atoms in total. The van der Waals surface area contributed by atoms with Gasteiger partial charge in [-0.2, -0.15) is 0 Å². The monoisotopic (exact) mass is 317 g/mol. The molecular formula is C16H19N3O4. The number of aromatic amines is 1. The van der Waals surface area contributed by atoms with E-state index in [1.807, 2.05) is 0 Å². The molecule has 0 fully saturated rings. The fourth-order valence-electron chi connectivity index (χ4n) is 2.37. The van der Waals surface area contributed by atoms with Crippen LogP contribution in [0.4, 0.5) is 5.69 Å². The molecule has 0 spiro atoms. The van der Waals surface area contributed by atoms with Crippen LogP contribution in [-0.2, 0) is 4.79 Å². The molecule has 1 heterocycles. The molecule has 2 N–H and O–H groups in total. The normalized spacial score (nSPS) is 10.7. The van der Waals surface area contributed by atoms with Gasteiger partial charge in [-0.3, -0.25) is 19.7 Å². The van der Waals surface area contributed by atoms with Gasteiger partial charge in [-0.15, -0.1) is 0 Å². The van der Waals surface area contributed by atoms with E-state index in [1.54, 1.807) is 0 Å². The molecule has 122 valence electrons. The number of Topliss-reactive ketones (excluding diaryl/α,β-unsaturated/α-hetero) is 1. The van der Waals surface area contributed by atoms with Crippen molar-refractivity contribution >= 4 is 28.3 Å². The molecular weight excluding hydrogens is 298 g/mol. The third-order valence-electron chi connectivity index (χ3n) is 3.64. The third kappa shape index (κ3) is 3.94. The number of hydrogen-bond acceptors (Lipinski definition) is 4. The van der Waals surface area contributed by atoms with E-state index in [2.05, 4.69) is 17.2 Å². The summed E-state index contributed by atoms with van der Waals surface area (Å²) in [5.41, 5.74) is 0.607. The van der Waals surface area contributed by atoms with E-state index < -0.39 is 16.6 Å². The second-order valence-corrected chi connectivity index (χ2v) is 5.34. The molecule has 2 aromatic rings. The highest BCUT2D eigenvalue weighted by atomic mass is 16.6. The molecule has 0 saturated carbocycles. The Kier molecular flexibility index (Phi) is 5.46. The highest BCUT2D eigenvalue weighted by molar-refractivity contribution is 6.45. The Morgan fingerprint density at radius 1 is 1.26 bits per heavy atom. The van der Waals surface area contributed by atoms with Crippen LogP contribution in [0.3, 0.4) is 0 Å². The molecule has 7 heteroatoms. The Hall–Kier alpha value is -2.70. The Labute approximate surface area is 133 Å². The number of nitro benzene ring substituents is 1. The van der Waals surface area contributed by atoms with Gasteiger partial charge >= 0.3 is 0 Å². The molecule has 1 aromatic heterocycles. The zero-order chi connectivity index (χ0) is 16.8. The summed E-state index contributed by atoms with van der Waals surface area (Å²) < 4.78 is 0. The number of non-ortho nitro benzene ring substituents is 1. The van der Waals surface area contributed by atoms with E-state index in [1.165, 1.54) is 24.4 Å². The molecule has 0 atom stereocenters. The molecule has 1 amide bonds. The summed E-state index contributed by atoms with van der Waals surface area (Å²) in [5.74, 6) is -1.37. The van der Waals surface area contributed by atoms with Crippen LogP contribution in [0.5, 0.6) is 0 Å². The lowest BCUT2D eigenvalue weighted by molar-refractivity contribution is -0.384. The molecule has 1 aromatic carbocycles. The highest BCUT2D eigenvalue weighted by Gasteiger charge is 2.21.